The van der Waals surface area contributed by atoms with E-state index in [0.29, 0.717) is 30.0 Å². The molecule has 0 amide bonds. The van der Waals surface area contributed by atoms with E-state index in [1.54, 1.807) is 12.4 Å². The van der Waals surface area contributed by atoms with Crippen molar-refractivity contribution in [3.05, 3.63) is 53.5 Å². The highest BCUT2D eigenvalue weighted by Gasteiger charge is 2.44. The summed E-state index contributed by atoms with van der Waals surface area (Å²) in [6, 6.07) is 6.31. The van der Waals surface area contributed by atoms with Gasteiger partial charge in [-0.25, -0.2) is 18.7 Å². The van der Waals surface area contributed by atoms with Crippen LogP contribution in [0.25, 0.3) is 0 Å². The molecule has 1 saturated carbocycles. The molecule has 3 aromatic rings. The summed E-state index contributed by atoms with van der Waals surface area (Å²) in [6.45, 7) is 8.65. The first kappa shape index (κ1) is 23.8. The molecular weight excluding hydrogens is 474 g/mol. The van der Waals surface area contributed by atoms with Crippen molar-refractivity contribution in [2.75, 3.05) is 47.1 Å². The fourth-order valence-electron chi connectivity index (χ4n) is 6.34. The van der Waals surface area contributed by atoms with E-state index in [2.05, 4.69) is 39.3 Å². The predicted octanol–water partition coefficient (Wildman–Crippen LogP) is 4.65. The Kier molecular flexibility index (Phi) is 5.65. The molecule has 37 heavy (non-hydrogen) atoms. The second kappa shape index (κ2) is 8.78. The zero-order valence-corrected chi connectivity index (χ0v) is 21.6. The van der Waals surface area contributed by atoms with Crippen LogP contribution in [0, 0.1) is 30.4 Å². The van der Waals surface area contributed by atoms with Crippen LogP contribution in [0.2, 0.25) is 0 Å². The van der Waals surface area contributed by atoms with Crippen LogP contribution >= 0.6 is 0 Å². The standard InChI is InChI=1S/C27H32F2N8/c1-15-9-21(32-14-31-15)36-11-16-5-6-17(12-36)23(16)33-26-34-24(30-4)22-25(35-26)37(13-27(22,2)3)18-7-8-19(28)20(29)10-18/h7-10,14,16-17,23H,5-6,11-13H2,1-4H3,(H2,30,33,34,35)/t16-,17+,23+. The SMILES string of the molecule is CNc1nc(N[C@H]2[C@@H]3CC[C@H]2CN(c2cc(C)ncn2)C3)nc2c1C(C)(C)CN2c1ccc(F)c(F)c1. The zero-order valence-electron chi connectivity index (χ0n) is 21.6. The quantitative estimate of drug-likeness (QED) is 0.518. The average Bonchev–Trinajstić information content (AvgIpc) is 3.26. The third-order valence-electron chi connectivity index (χ3n) is 8.07. The smallest absolute Gasteiger partial charge is 0.226 e. The number of piperidine rings is 1. The number of hydrogen-bond donors (Lipinski definition) is 2. The monoisotopic (exact) mass is 506 g/mol. The van der Waals surface area contributed by atoms with Gasteiger partial charge in [0.1, 0.15) is 23.8 Å². The Bertz CT molecular complexity index is 1330. The lowest BCUT2D eigenvalue weighted by Crippen LogP contribution is -2.48. The average molecular weight is 507 g/mol. The molecule has 0 spiro atoms. The minimum atomic E-state index is -0.868. The van der Waals surface area contributed by atoms with Crippen molar-refractivity contribution in [2.24, 2.45) is 11.8 Å². The summed E-state index contributed by atoms with van der Waals surface area (Å²) in [7, 11) is 1.86. The number of halogens is 2. The number of anilines is 5. The number of nitrogens with zero attached hydrogens (tertiary/aromatic N) is 6. The molecule has 2 aromatic heterocycles. The molecule has 0 unspecified atom stereocenters. The molecule has 2 N–H and O–H groups in total. The molecule has 8 nitrogen and oxygen atoms in total. The fraction of sp³-hybridized carbons (Fsp3) is 0.481. The summed E-state index contributed by atoms with van der Waals surface area (Å²) in [5.41, 5.74) is 2.24. The van der Waals surface area contributed by atoms with E-state index in [1.807, 2.05) is 24.9 Å². The van der Waals surface area contributed by atoms with E-state index in [4.69, 9.17) is 9.97 Å². The van der Waals surface area contributed by atoms with Crippen molar-refractivity contribution in [3.63, 3.8) is 0 Å². The van der Waals surface area contributed by atoms with Crippen molar-refractivity contribution in [1.82, 2.24) is 19.9 Å². The topological polar surface area (TPSA) is 82.1 Å². The number of nitrogens with one attached hydrogen (secondary N) is 2. The molecule has 194 valence electrons. The predicted molar refractivity (Wildman–Crippen MR) is 141 cm³/mol. The van der Waals surface area contributed by atoms with E-state index in [1.165, 1.54) is 12.1 Å². The van der Waals surface area contributed by atoms with Crippen molar-refractivity contribution in [2.45, 2.75) is 45.1 Å². The van der Waals surface area contributed by atoms with Gasteiger partial charge in [0.15, 0.2) is 11.6 Å². The van der Waals surface area contributed by atoms with Gasteiger partial charge in [0.25, 0.3) is 0 Å². The molecule has 2 bridgehead atoms. The van der Waals surface area contributed by atoms with Crippen LogP contribution in [0.3, 0.4) is 0 Å². The number of hydrogen-bond acceptors (Lipinski definition) is 8. The van der Waals surface area contributed by atoms with E-state index < -0.39 is 11.6 Å². The van der Waals surface area contributed by atoms with Gasteiger partial charge in [0, 0.05) is 67.2 Å². The van der Waals surface area contributed by atoms with Crippen LogP contribution in [0.15, 0.2) is 30.6 Å². The normalized spacial score (nSPS) is 23.8. The number of aromatic nitrogens is 4. The van der Waals surface area contributed by atoms with Gasteiger partial charge in [0.05, 0.1) is 0 Å². The maximum Gasteiger partial charge on any atom is 0.226 e. The molecule has 0 radical (unpaired) electrons. The summed E-state index contributed by atoms with van der Waals surface area (Å²) >= 11 is 0. The van der Waals surface area contributed by atoms with Crippen LogP contribution in [0.4, 0.5) is 37.9 Å². The molecular formula is C27H32F2N8. The molecule has 6 rings (SSSR count). The van der Waals surface area contributed by atoms with E-state index in [0.717, 1.165) is 54.6 Å². The molecule has 1 aliphatic carbocycles. The minimum Gasteiger partial charge on any atom is -0.373 e. The number of rotatable bonds is 5. The van der Waals surface area contributed by atoms with Gasteiger partial charge in [0.2, 0.25) is 5.95 Å². The third-order valence-corrected chi connectivity index (χ3v) is 8.07. The second-order valence-electron chi connectivity index (χ2n) is 11.1. The van der Waals surface area contributed by atoms with Gasteiger partial charge in [-0.15, -0.1) is 0 Å². The van der Waals surface area contributed by atoms with E-state index in [9.17, 15) is 8.78 Å². The van der Waals surface area contributed by atoms with Crippen molar-refractivity contribution >= 4 is 29.1 Å². The van der Waals surface area contributed by atoms with Gasteiger partial charge in [-0.2, -0.15) is 9.97 Å². The summed E-state index contributed by atoms with van der Waals surface area (Å²) in [5.74, 6) is 2.18. The Hall–Kier alpha value is -3.56. The maximum absolute atomic E-state index is 14.1. The van der Waals surface area contributed by atoms with E-state index >= 15 is 0 Å². The summed E-state index contributed by atoms with van der Waals surface area (Å²) in [4.78, 5) is 22.9. The Morgan fingerprint density at radius 1 is 1.00 bits per heavy atom. The van der Waals surface area contributed by atoms with Crippen LogP contribution in [0.5, 0.6) is 0 Å². The largest absolute Gasteiger partial charge is 0.373 e. The van der Waals surface area contributed by atoms with Crippen LogP contribution < -0.4 is 20.4 Å². The minimum absolute atomic E-state index is 0.257. The van der Waals surface area contributed by atoms with Gasteiger partial charge in [-0.05, 0) is 43.7 Å². The third kappa shape index (κ3) is 4.12. The molecule has 10 heteroatoms. The summed E-state index contributed by atoms with van der Waals surface area (Å²) < 4.78 is 27.8. The molecule has 4 heterocycles. The molecule has 3 aliphatic rings. The molecule has 3 atom stereocenters. The first-order chi connectivity index (χ1) is 17.7. The highest BCUT2D eigenvalue weighted by molar-refractivity contribution is 5.75. The number of benzene rings is 1. The Balaban J connectivity index is 1.30. The molecule has 2 aliphatic heterocycles. The highest BCUT2D eigenvalue weighted by Crippen LogP contribution is 2.47. The number of aryl methyl sites for hydroxylation is 1. The van der Waals surface area contributed by atoms with Gasteiger partial charge < -0.3 is 20.4 Å². The second-order valence-corrected chi connectivity index (χ2v) is 11.1. The van der Waals surface area contributed by atoms with Crippen LogP contribution in [-0.2, 0) is 5.41 Å². The molecule has 1 aromatic carbocycles. The first-order valence-corrected chi connectivity index (χ1v) is 12.9. The van der Waals surface area contributed by atoms with E-state index in [-0.39, 0.29) is 11.5 Å². The van der Waals surface area contributed by atoms with Gasteiger partial charge in [-0.3, -0.25) is 0 Å². The van der Waals surface area contributed by atoms with Crippen LogP contribution in [-0.4, -0.2) is 52.7 Å². The number of fused-ring (bicyclic) bond motifs is 3. The summed E-state index contributed by atoms with van der Waals surface area (Å²) in [5, 5.41) is 6.92. The van der Waals surface area contributed by atoms with Crippen LogP contribution in [0.1, 0.15) is 37.9 Å². The summed E-state index contributed by atoms with van der Waals surface area (Å²) in [6.07, 6.45) is 3.91. The van der Waals surface area contributed by atoms with Crippen molar-refractivity contribution < 1.29 is 8.78 Å². The fourth-order valence-corrected chi connectivity index (χ4v) is 6.34. The lowest BCUT2D eigenvalue weighted by molar-refractivity contribution is 0.375. The first-order valence-electron chi connectivity index (χ1n) is 12.9. The van der Waals surface area contributed by atoms with Crippen molar-refractivity contribution in [1.29, 1.82) is 0 Å². The zero-order chi connectivity index (χ0) is 25.9. The molecule has 2 fully saturated rings. The Morgan fingerprint density at radius 3 is 2.43 bits per heavy atom. The van der Waals surface area contributed by atoms with Gasteiger partial charge >= 0.3 is 0 Å². The Labute approximate surface area is 215 Å². The van der Waals surface area contributed by atoms with Gasteiger partial charge in [-0.1, -0.05) is 13.8 Å². The maximum atomic E-state index is 14.1. The Morgan fingerprint density at radius 2 is 1.76 bits per heavy atom. The molecule has 1 saturated heterocycles. The lowest BCUT2D eigenvalue weighted by Gasteiger charge is -2.39. The lowest BCUT2D eigenvalue weighted by atomic mass is 9.88. The highest BCUT2D eigenvalue weighted by atomic mass is 19.2. The van der Waals surface area contributed by atoms with Crippen molar-refractivity contribution in [3.8, 4) is 0 Å².